The minimum atomic E-state index is -3.63. The molecule has 0 aliphatic carbocycles. The van der Waals surface area contributed by atoms with E-state index in [4.69, 9.17) is 4.74 Å². The summed E-state index contributed by atoms with van der Waals surface area (Å²) in [5, 5.41) is 5.41. The molecule has 1 heterocycles. The van der Waals surface area contributed by atoms with Gasteiger partial charge in [0.2, 0.25) is 15.9 Å². The van der Waals surface area contributed by atoms with Gasteiger partial charge >= 0.3 is 0 Å². The van der Waals surface area contributed by atoms with E-state index in [-0.39, 0.29) is 35.5 Å². The Kier molecular flexibility index (Phi) is 7.95. The number of sulfonamides is 1. The molecule has 0 radical (unpaired) electrons. The number of rotatable bonds is 6. The van der Waals surface area contributed by atoms with Crippen molar-refractivity contribution in [1.29, 1.82) is 0 Å². The number of amides is 1. The molecule has 0 aromatic heterocycles. The highest BCUT2D eigenvalue weighted by Crippen LogP contribution is 2.31. The second-order valence-electron chi connectivity index (χ2n) is 5.41. The molecular weight excluding hydrogens is 354 g/mol. The molecule has 9 heteroatoms. The molecule has 1 aliphatic heterocycles. The summed E-state index contributed by atoms with van der Waals surface area (Å²) in [6.45, 7) is 1.18. The number of hydrogen-bond acceptors (Lipinski definition) is 5. The van der Waals surface area contributed by atoms with Crippen LogP contribution in [0.1, 0.15) is 19.3 Å². The molecule has 0 saturated carbocycles. The normalized spacial score (nSPS) is 15.4. The van der Waals surface area contributed by atoms with Crippen LogP contribution in [-0.2, 0) is 14.8 Å². The van der Waals surface area contributed by atoms with Crippen molar-refractivity contribution >= 4 is 34.0 Å². The average Bonchev–Trinajstić information content (AvgIpc) is 2.56. The molecule has 2 N–H and O–H groups in total. The third kappa shape index (κ3) is 4.83. The molecule has 136 valence electrons. The van der Waals surface area contributed by atoms with E-state index in [1.54, 1.807) is 19.2 Å². The van der Waals surface area contributed by atoms with E-state index < -0.39 is 10.0 Å². The van der Waals surface area contributed by atoms with Crippen LogP contribution in [0.2, 0.25) is 0 Å². The fourth-order valence-corrected chi connectivity index (χ4v) is 4.26. The minimum Gasteiger partial charge on any atom is -0.495 e. The zero-order valence-electron chi connectivity index (χ0n) is 13.9. The molecule has 7 nitrogen and oxygen atoms in total. The molecule has 0 unspecified atom stereocenters. The van der Waals surface area contributed by atoms with Crippen LogP contribution < -0.4 is 15.4 Å². The van der Waals surface area contributed by atoms with Crippen LogP contribution in [-0.4, -0.2) is 52.4 Å². The number of halogens is 1. The third-order valence-corrected chi connectivity index (χ3v) is 5.64. The summed E-state index contributed by atoms with van der Waals surface area (Å²) in [5.74, 6) is 0.0428. The van der Waals surface area contributed by atoms with Gasteiger partial charge in [0.25, 0.3) is 0 Å². The number of nitrogens with zero attached hydrogens (tertiary/aromatic N) is 1. The molecule has 1 amide bonds. The second-order valence-corrected chi connectivity index (χ2v) is 7.32. The summed E-state index contributed by atoms with van der Waals surface area (Å²) in [6.07, 6.45) is 2.77. The van der Waals surface area contributed by atoms with E-state index in [1.165, 1.54) is 17.5 Å². The van der Waals surface area contributed by atoms with Crippen molar-refractivity contribution in [2.45, 2.75) is 24.2 Å². The summed E-state index contributed by atoms with van der Waals surface area (Å²) >= 11 is 0. The molecule has 2 rings (SSSR count). The van der Waals surface area contributed by atoms with Crippen molar-refractivity contribution in [2.75, 3.05) is 39.1 Å². The first-order chi connectivity index (χ1) is 11.0. The third-order valence-electron chi connectivity index (χ3n) is 3.72. The monoisotopic (exact) mass is 377 g/mol. The van der Waals surface area contributed by atoms with Crippen LogP contribution in [0.25, 0.3) is 0 Å². The quantitative estimate of drug-likeness (QED) is 0.783. The maximum Gasteiger partial charge on any atom is 0.246 e. The van der Waals surface area contributed by atoms with Gasteiger partial charge in [-0.3, -0.25) is 4.79 Å². The molecule has 1 aromatic rings. The van der Waals surface area contributed by atoms with E-state index in [1.807, 2.05) is 0 Å². The first-order valence-corrected chi connectivity index (χ1v) is 9.05. The average molecular weight is 378 g/mol. The highest BCUT2D eigenvalue weighted by atomic mass is 35.5. The topological polar surface area (TPSA) is 87.7 Å². The van der Waals surface area contributed by atoms with Crippen molar-refractivity contribution < 1.29 is 17.9 Å². The van der Waals surface area contributed by atoms with Gasteiger partial charge in [-0.2, -0.15) is 4.31 Å². The molecule has 0 bridgehead atoms. The zero-order valence-corrected chi connectivity index (χ0v) is 15.5. The number of ether oxygens (including phenoxy) is 1. The molecule has 1 saturated heterocycles. The van der Waals surface area contributed by atoms with Crippen LogP contribution in [0.5, 0.6) is 5.75 Å². The summed E-state index contributed by atoms with van der Waals surface area (Å²) < 4.78 is 32.4. The summed E-state index contributed by atoms with van der Waals surface area (Å²) in [4.78, 5) is 11.8. The Bertz CT molecular complexity index is 661. The van der Waals surface area contributed by atoms with E-state index in [0.717, 1.165) is 19.3 Å². The van der Waals surface area contributed by atoms with Crippen molar-refractivity contribution in [2.24, 2.45) is 0 Å². The molecule has 24 heavy (non-hydrogen) atoms. The predicted octanol–water partition coefficient (Wildman–Crippen LogP) is 1.45. The highest BCUT2D eigenvalue weighted by Gasteiger charge is 2.29. The van der Waals surface area contributed by atoms with Crippen LogP contribution in [0, 0.1) is 0 Å². The number of hydrogen-bond donors (Lipinski definition) is 2. The Hall–Kier alpha value is -1.35. The Labute approximate surface area is 149 Å². The fraction of sp³-hybridized carbons (Fsp3) is 0.533. The van der Waals surface area contributed by atoms with E-state index >= 15 is 0 Å². The molecule has 0 spiro atoms. The molecule has 1 aliphatic rings. The van der Waals surface area contributed by atoms with Gasteiger partial charge in [-0.1, -0.05) is 6.42 Å². The lowest BCUT2D eigenvalue weighted by Crippen LogP contribution is -2.35. The Morgan fingerprint density at radius 1 is 1.25 bits per heavy atom. The number of carbonyl (C=O) groups excluding carboxylic acids is 1. The maximum atomic E-state index is 12.9. The predicted molar refractivity (Wildman–Crippen MR) is 95.4 cm³/mol. The number of benzene rings is 1. The maximum absolute atomic E-state index is 12.9. The Morgan fingerprint density at radius 3 is 2.50 bits per heavy atom. The lowest BCUT2D eigenvalue weighted by atomic mass is 10.2. The standard InChI is InChI=1S/C15H23N3O4S.ClH/c1-16-11-15(19)17-12-6-7-13(22-2)14(10-12)23(20,21)18-8-4-3-5-9-18;/h6-7,10,16H,3-5,8-9,11H2,1-2H3,(H,17,19);1H. The zero-order chi connectivity index (χ0) is 16.9. The van der Waals surface area contributed by atoms with Crippen molar-refractivity contribution in [1.82, 2.24) is 9.62 Å². The molecule has 0 atom stereocenters. The summed E-state index contributed by atoms with van der Waals surface area (Å²) in [5.41, 5.74) is 0.432. The van der Waals surface area contributed by atoms with E-state index in [9.17, 15) is 13.2 Å². The minimum absolute atomic E-state index is 0. The van der Waals surface area contributed by atoms with Gasteiger partial charge in [0.1, 0.15) is 10.6 Å². The van der Waals surface area contributed by atoms with Crippen LogP contribution in [0.3, 0.4) is 0 Å². The number of carbonyl (C=O) groups is 1. The van der Waals surface area contributed by atoms with Gasteiger partial charge in [0, 0.05) is 18.8 Å². The van der Waals surface area contributed by atoms with Gasteiger partial charge in [-0.15, -0.1) is 12.4 Å². The number of nitrogens with one attached hydrogen (secondary N) is 2. The Balaban J connectivity index is 0.00000288. The first kappa shape index (κ1) is 20.7. The largest absolute Gasteiger partial charge is 0.495 e. The van der Waals surface area contributed by atoms with Gasteiger partial charge < -0.3 is 15.4 Å². The Morgan fingerprint density at radius 2 is 1.92 bits per heavy atom. The number of piperidine rings is 1. The molecular formula is C15H24ClN3O4S. The lowest BCUT2D eigenvalue weighted by Gasteiger charge is -2.26. The number of anilines is 1. The van der Waals surface area contributed by atoms with Crippen LogP contribution >= 0.6 is 12.4 Å². The van der Waals surface area contributed by atoms with Crippen molar-refractivity contribution in [3.05, 3.63) is 18.2 Å². The van der Waals surface area contributed by atoms with Gasteiger partial charge in [-0.05, 0) is 38.1 Å². The number of methoxy groups -OCH3 is 1. The van der Waals surface area contributed by atoms with Crippen molar-refractivity contribution in [3.8, 4) is 5.75 Å². The SMILES string of the molecule is CNCC(=O)Nc1ccc(OC)c(S(=O)(=O)N2CCCCC2)c1.Cl. The fourth-order valence-electron chi connectivity index (χ4n) is 2.57. The summed E-state index contributed by atoms with van der Waals surface area (Å²) in [7, 11) is -0.533. The molecule has 1 aromatic carbocycles. The van der Waals surface area contributed by atoms with Crippen LogP contribution in [0.15, 0.2) is 23.1 Å². The van der Waals surface area contributed by atoms with Crippen LogP contribution in [0.4, 0.5) is 5.69 Å². The lowest BCUT2D eigenvalue weighted by molar-refractivity contribution is -0.115. The van der Waals surface area contributed by atoms with Crippen molar-refractivity contribution in [3.63, 3.8) is 0 Å². The van der Waals surface area contributed by atoms with E-state index in [2.05, 4.69) is 10.6 Å². The first-order valence-electron chi connectivity index (χ1n) is 7.61. The molecule has 1 fully saturated rings. The highest BCUT2D eigenvalue weighted by molar-refractivity contribution is 7.89. The second kappa shape index (κ2) is 9.22. The van der Waals surface area contributed by atoms with Gasteiger partial charge in [0.05, 0.1) is 13.7 Å². The van der Waals surface area contributed by atoms with Gasteiger partial charge in [0.15, 0.2) is 0 Å². The van der Waals surface area contributed by atoms with E-state index in [0.29, 0.717) is 18.8 Å². The number of likely N-dealkylation sites (N-methyl/N-ethyl adjacent to an activating group) is 1. The smallest absolute Gasteiger partial charge is 0.246 e. The van der Waals surface area contributed by atoms with Gasteiger partial charge in [-0.25, -0.2) is 8.42 Å². The summed E-state index contributed by atoms with van der Waals surface area (Å²) in [6, 6.07) is 4.64.